The monoisotopic (exact) mass is 234 g/mol. The highest BCUT2D eigenvalue weighted by Crippen LogP contribution is 2.29. The van der Waals surface area contributed by atoms with Crippen LogP contribution in [-0.4, -0.2) is 5.11 Å². The molecule has 1 N–H and O–H groups in total. The minimum absolute atomic E-state index is 0.394. The normalized spacial score (nSPS) is 11.4. The minimum Gasteiger partial charge on any atom is -0.507 e. The second-order valence-electron chi connectivity index (χ2n) is 5.65. The fraction of sp³-hybridized carbons (Fsp3) is 0.625. The molecule has 1 heteroatoms. The predicted molar refractivity (Wildman–Crippen MR) is 74.6 cm³/mol. The highest BCUT2D eigenvalue weighted by atomic mass is 16.3. The lowest BCUT2D eigenvalue weighted by Crippen LogP contribution is -1.94. The number of aryl methyl sites for hydroxylation is 1. The van der Waals surface area contributed by atoms with Gasteiger partial charge in [-0.1, -0.05) is 58.7 Å². The third kappa shape index (κ3) is 4.41. The average Bonchev–Trinajstić information content (AvgIpc) is 2.25. The number of benzene rings is 1. The molecule has 0 atom stereocenters. The van der Waals surface area contributed by atoms with Crippen LogP contribution >= 0.6 is 0 Å². The Kier molecular flexibility index (Phi) is 5.54. The molecular formula is C16H26O. The molecule has 0 bridgehead atoms. The fourth-order valence-electron chi connectivity index (χ4n) is 2.15. The van der Waals surface area contributed by atoms with Crippen molar-refractivity contribution in [2.24, 2.45) is 5.92 Å². The zero-order valence-electron chi connectivity index (χ0n) is 11.7. The van der Waals surface area contributed by atoms with E-state index in [9.17, 15) is 5.11 Å². The molecule has 1 aromatic rings. The number of rotatable bonds is 6. The van der Waals surface area contributed by atoms with E-state index < -0.39 is 0 Å². The van der Waals surface area contributed by atoms with Crippen molar-refractivity contribution < 1.29 is 5.11 Å². The average molecular weight is 234 g/mol. The lowest BCUT2D eigenvalue weighted by atomic mass is 9.96. The van der Waals surface area contributed by atoms with Gasteiger partial charge < -0.3 is 5.11 Å². The molecule has 0 aliphatic carbocycles. The molecule has 0 aliphatic rings. The lowest BCUT2D eigenvalue weighted by molar-refractivity contribution is 0.454. The molecule has 0 saturated carbocycles. The quantitative estimate of drug-likeness (QED) is 0.695. The molecular weight excluding hydrogens is 208 g/mol. The number of aromatic hydroxyl groups is 1. The Hall–Kier alpha value is -0.980. The molecule has 0 aromatic heterocycles. The van der Waals surface area contributed by atoms with Crippen LogP contribution in [0.25, 0.3) is 0 Å². The van der Waals surface area contributed by atoms with E-state index in [0.29, 0.717) is 11.7 Å². The largest absolute Gasteiger partial charge is 0.507 e. The number of unbranched alkanes of at least 4 members (excludes halogenated alkanes) is 1. The fourth-order valence-corrected chi connectivity index (χ4v) is 2.15. The molecule has 0 saturated heterocycles. The SMILES string of the molecule is CC(C)CCCCc1cccc(C(C)C)c1O. The predicted octanol–water partition coefficient (Wildman–Crippen LogP) is 4.88. The summed E-state index contributed by atoms with van der Waals surface area (Å²) >= 11 is 0. The summed E-state index contributed by atoms with van der Waals surface area (Å²) in [4.78, 5) is 0. The van der Waals surface area contributed by atoms with E-state index in [0.717, 1.165) is 23.5 Å². The van der Waals surface area contributed by atoms with Crippen molar-refractivity contribution in [2.75, 3.05) is 0 Å². The zero-order valence-corrected chi connectivity index (χ0v) is 11.7. The van der Waals surface area contributed by atoms with E-state index >= 15 is 0 Å². The van der Waals surface area contributed by atoms with E-state index in [1.54, 1.807) is 0 Å². The van der Waals surface area contributed by atoms with Gasteiger partial charge in [-0.2, -0.15) is 0 Å². The Bertz CT molecular complexity index is 339. The van der Waals surface area contributed by atoms with Crippen LogP contribution in [0.1, 0.15) is 64.0 Å². The number of para-hydroxylation sites is 1. The Labute approximate surface area is 106 Å². The van der Waals surface area contributed by atoms with Crippen LogP contribution in [0.5, 0.6) is 5.75 Å². The van der Waals surface area contributed by atoms with Crippen molar-refractivity contribution in [3.05, 3.63) is 29.3 Å². The lowest BCUT2D eigenvalue weighted by Gasteiger charge is -2.12. The number of hydrogen-bond acceptors (Lipinski definition) is 1. The minimum atomic E-state index is 0.394. The highest BCUT2D eigenvalue weighted by Gasteiger charge is 2.09. The van der Waals surface area contributed by atoms with Crippen LogP contribution in [0.3, 0.4) is 0 Å². The Balaban J connectivity index is 2.56. The standard InChI is InChI=1S/C16H26O/c1-12(2)8-5-6-9-14-10-7-11-15(13(3)4)16(14)17/h7,10-13,17H,5-6,8-9H2,1-4H3. The van der Waals surface area contributed by atoms with Gasteiger partial charge in [-0.3, -0.25) is 0 Å². The van der Waals surface area contributed by atoms with E-state index in [4.69, 9.17) is 0 Å². The maximum absolute atomic E-state index is 10.2. The van der Waals surface area contributed by atoms with Crippen LogP contribution in [-0.2, 0) is 6.42 Å². The summed E-state index contributed by atoms with van der Waals surface area (Å²) in [5, 5.41) is 10.2. The van der Waals surface area contributed by atoms with Gasteiger partial charge in [-0.25, -0.2) is 0 Å². The zero-order chi connectivity index (χ0) is 12.8. The summed E-state index contributed by atoms with van der Waals surface area (Å²) in [5.74, 6) is 1.70. The third-order valence-corrected chi connectivity index (χ3v) is 3.25. The summed E-state index contributed by atoms with van der Waals surface area (Å²) in [7, 11) is 0. The first-order valence-electron chi connectivity index (χ1n) is 6.83. The molecule has 0 fully saturated rings. The highest BCUT2D eigenvalue weighted by molar-refractivity contribution is 5.42. The summed E-state index contributed by atoms with van der Waals surface area (Å²) in [6.45, 7) is 8.77. The molecule has 0 radical (unpaired) electrons. The van der Waals surface area contributed by atoms with Crippen molar-refractivity contribution in [3.8, 4) is 5.75 Å². The van der Waals surface area contributed by atoms with E-state index in [-0.39, 0.29) is 0 Å². The first-order chi connectivity index (χ1) is 8.02. The van der Waals surface area contributed by atoms with Gasteiger partial charge in [0.1, 0.15) is 5.75 Å². The second kappa shape index (κ2) is 6.68. The van der Waals surface area contributed by atoms with Gasteiger partial charge in [-0.15, -0.1) is 0 Å². The van der Waals surface area contributed by atoms with Crippen molar-refractivity contribution in [1.29, 1.82) is 0 Å². The van der Waals surface area contributed by atoms with E-state index in [2.05, 4.69) is 39.8 Å². The topological polar surface area (TPSA) is 20.2 Å². The van der Waals surface area contributed by atoms with Gasteiger partial charge >= 0.3 is 0 Å². The summed E-state index contributed by atoms with van der Waals surface area (Å²) in [6, 6.07) is 6.14. The van der Waals surface area contributed by atoms with Crippen molar-refractivity contribution in [2.45, 2.75) is 59.3 Å². The first kappa shape index (κ1) is 14.1. The van der Waals surface area contributed by atoms with Crippen LogP contribution in [0.2, 0.25) is 0 Å². The van der Waals surface area contributed by atoms with Crippen LogP contribution in [0, 0.1) is 5.92 Å². The summed E-state index contributed by atoms with van der Waals surface area (Å²) in [6.07, 6.45) is 4.71. The van der Waals surface area contributed by atoms with Crippen LogP contribution in [0.4, 0.5) is 0 Å². The van der Waals surface area contributed by atoms with Gasteiger partial charge in [0, 0.05) is 0 Å². The number of phenols is 1. The molecule has 0 unspecified atom stereocenters. The van der Waals surface area contributed by atoms with E-state index in [1.165, 1.54) is 19.3 Å². The molecule has 0 amide bonds. The molecule has 17 heavy (non-hydrogen) atoms. The Morgan fingerprint density at radius 2 is 1.76 bits per heavy atom. The van der Waals surface area contributed by atoms with Crippen molar-refractivity contribution >= 4 is 0 Å². The van der Waals surface area contributed by atoms with Crippen LogP contribution in [0.15, 0.2) is 18.2 Å². The van der Waals surface area contributed by atoms with Gasteiger partial charge in [0.25, 0.3) is 0 Å². The number of hydrogen-bond donors (Lipinski definition) is 1. The van der Waals surface area contributed by atoms with Crippen LogP contribution < -0.4 is 0 Å². The maximum Gasteiger partial charge on any atom is 0.122 e. The smallest absolute Gasteiger partial charge is 0.122 e. The second-order valence-corrected chi connectivity index (χ2v) is 5.65. The summed E-state index contributed by atoms with van der Waals surface area (Å²) < 4.78 is 0. The van der Waals surface area contributed by atoms with Gasteiger partial charge in [-0.05, 0) is 35.8 Å². The van der Waals surface area contributed by atoms with E-state index in [1.807, 2.05) is 6.07 Å². The molecule has 0 spiro atoms. The Morgan fingerprint density at radius 1 is 1.06 bits per heavy atom. The number of phenolic OH excluding ortho intramolecular Hbond substituents is 1. The molecule has 1 aromatic carbocycles. The van der Waals surface area contributed by atoms with Crippen molar-refractivity contribution in [3.63, 3.8) is 0 Å². The van der Waals surface area contributed by atoms with Gasteiger partial charge in [0.15, 0.2) is 0 Å². The molecule has 0 aliphatic heterocycles. The third-order valence-electron chi connectivity index (χ3n) is 3.25. The summed E-state index contributed by atoms with van der Waals surface area (Å²) in [5.41, 5.74) is 2.19. The molecule has 1 rings (SSSR count). The maximum atomic E-state index is 10.2. The molecule has 1 nitrogen and oxygen atoms in total. The van der Waals surface area contributed by atoms with Gasteiger partial charge in [0.05, 0.1) is 0 Å². The molecule has 0 heterocycles. The Morgan fingerprint density at radius 3 is 2.35 bits per heavy atom. The molecule has 96 valence electrons. The van der Waals surface area contributed by atoms with Gasteiger partial charge in [0.2, 0.25) is 0 Å². The van der Waals surface area contributed by atoms with Crippen molar-refractivity contribution in [1.82, 2.24) is 0 Å². The first-order valence-corrected chi connectivity index (χ1v) is 6.83.